The van der Waals surface area contributed by atoms with Crippen LogP contribution in [0.25, 0.3) is 11.3 Å². The Labute approximate surface area is 113 Å². The molecule has 0 unspecified atom stereocenters. The smallest absolute Gasteiger partial charge is 0.0951 e. The summed E-state index contributed by atoms with van der Waals surface area (Å²) in [7, 11) is 1.97. The molecule has 0 atom stereocenters. The molecular formula is C14H18ClN3. The highest BCUT2D eigenvalue weighted by Crippen LogP contribution is 2.24. The van der Waals surface area contributed by atoms with Crippen molar-refractivity contribution in [3.8, 4) is 11.3 Å². The molecule has 1 aromatic heterocycles. The fourth-order valence-corrected chi connectivity index (χ4v) is 1.93. The van der Waals surface area contributed by atoms with E-state index in [0.29, 0.717) is 6.04 Å². The van der Waals surface area contributed by atoms with Gasteiger partial charge in [0.05, 0.1) is 12.0 Å². The second-order valence-corrected chi connectivity index (χ2v) is 5.17. The summed E-state index contributed by atoms with van der Waals surface area (Å²) in [4.78, 5) is 4.35. The van der Waals surface area contributed by atoms with Gasteiger partial charge >= 0.3 is 0 Å². The van der Waals surface area contributed by atoms with E-state index in [9.17, 15) is 0 Å². The summed E-state index contributed by atoms with van der Waals surface area (Å²) in [5.41, 5.74) is 3.18. The van der Waals surface area contributed by atoms with E-state index in [1.807, 2.05) is 29.9 Å². The molecule has 0 saturated heterocycles. The van der Waals surface area contributed by atoms with E-state index in [4.69, 9.17) is 11.6 Å². The Morgan fingerprint density at radius 2 is 2.17 bits per heavy atom. The Balaban J connectivity index is 2.25. The minimum absolute atomic E-state index is 0.444. The molecule has 1 aromatic carbocycles. The van der Waals surface area contributed by atoms with Crippen molar-refractivity contribution >= 4 is 11.6 Å². The number of nitrogens with one attached hydrogen (secondary N) is 1. The number of hydrogen-bond acceptors (Lipinski definition) is 2. The van der Waals surface area contributed by atoms with Gasteiger partial charge in [0.2, 0.25) is 0 Å². The Bertz CT molecular complexity index is 532. The number of imidazole rings is 1. The third-order valence-electron chi connectivity index (χ3n) is 2.75. The summed E-state index contributed by atoms with van der Waals surface area (Å²) in [6.07, 6.45) is 3.80. The minimum Gasteiger partial charge on any atom is -0.340 e. The van der Waals surface area contributed by atoms with Crippen LogP contribution in [-0.2, 0) is 13.6 Å². The molecule has 3 nitrogen and oxygen atoms in total. The van der Waals surface area contributed by atoms with Gasteiger partial charge in [0.1, 0.15) is 0 Å². The maximum Gasteiger partial charge on any atom is 0.0951 e. The fraction of sp³-hybridized carbons (Fsp3) is 0.357. The number of rotatable bonds is 4. The molecule has 0 fully saturated rings. The van der Waals surface area contributed by atoms with Crippen LogP contribution in [0.5, 0.6) is 0 Å². The van der Waals surface area contributed by atoms with E-state index in [2.05, 4.69) is 30.2 Å². The van der Waals surface area contributed by atoms with Crippen molar-refractivity contribution in [2.45, 2.75) is 26.4 Å². The maximum absolute atomic E-state index is 6.21. The van der Waals surface area contributed by atoms with Gasteiger partial charge in [-0.05, 0) is 17.7 Å². The van der Waals surface area contributed by atoms with Gasteiger partial charge in [0, 0.05) is 36.4 Å². The van der Waals surface area contributed by atoms with Gasteiger partial charge in [-0.3, -0.25) is 0 Å². The second kappa shape index (κ2) is 5.55. The number of benzene rings is 1. The average Bonchev–Trinajstić information content (AvgIpc) is 2.74. The molecule has 2 aromatic rings. The van der Waals surface area contributed by atoms with Crippen molar-refractivity contribution in [1.29, 1.82) is 0 Å². The summed E-state index contributed by atoms with van der Waals surface area (Å²) >= 11 is 6.21. The molecule has 0 spiro atoms. The first kappa shape index (κ1) is 13.1. The summed E-state index contributed by atoms with van der Waals surface area (Å²) in [5.74, 6) is 0. The first-order valence-corrected chi connectivity index (χ1v) is 6.44. The number of aromatic nitrogens is 2. The molecule has 0 bridgehead atoms. The van der Waals surface area contributed by atoms with Crippen LogP contribution in [0, 0.1) is 0 Å². The Kier molecular flexibility index (Phi) is 4.04. The molecular weight excluding hydrogens is 246 g/mol. The van der Waals surface area contributed by atoms with Gasteiger partial charge < -0.3 is 9.88 Å². The zero-order valence-electron chi connectivity index (χ0n) is 10.9. The topological polar surface area (TPSA) is 29.9 Å². The predicted octanol–water partition coefficient (Wildman–Crippen LogP) is 3.24. The zero-order chi connectivity index (χ0) is 13.1. The van der Waals surface area contributed by atoms with Crippen molar-refractivity contribution in [3.05, 3.63) is 41.3 Å². The van der Waals surface area contributed by atoms with Gasteiger partial charge in [0.15, 0.2) is 0 Å². The van der Waals surface area contributed by atoms with E-state index < -0.39 is 0 Å². The van der Waals surface area contributed by atoms with Crippen LogP contribution in [0.2, 0.25) is 5.02 Å². The third kappa shape index (κ3) is 3.12. The van der Waals surface area contributed by atoms with Crippen LogP contribution < -0.4 is 5.32 Å². The van der Waals surface area contributed by atoms with Crippen molar-refractivity contribution in [2.75, 3.05) is 0 Å². The van der Waals surface area contributed by atoms with E-state index in [1.54, 1.807) is 6.33 Å². The van der Waals surface area contributed by atoms with Crippen LogP contribution in [0.1, 0.15) is 19.4 Å². The van der Waals surface area contributed by atoms with E-state index in [0.717, 1.165) is 28.4 Å². The predicted molar refractivity (Wildman–Crippen MR) is 75.6 cm³/mol. The van der Waals surface area contributed by atoms with Crippen LogP contribution in [0.15, 0.2) is 30.7 Å². The SMILES string of the molecule is CC(C)NCc1cc(-c2cn(C)cn2)ccc1Cl. The Morgan fingerprint density at radius 3 is 2.78 bits per heavy atom. The molecule has 0 amide bonds. The lowest BCUT2D eigenvalue weighted by Crippen LogP contribution is -2.21. The molecule has 96 valence electrons. The summed E-state index contributed by atoms with van der Waals surface area (Å²) in [5, 5.41) is 4.17. The average molecular weight is 264 g/mol. The monoisotopic (exact) mass is 263 g/mol. The van der Waals surface area contributed by atoms with Gasteiger partial charge in [0.25, 0.3) is 0 Å². The maximum atomic E-state index is 6.21. The van der Waals surface area contributed by atoms with Crippen molar-refractivity contribution in [1.82, 2.24) is 14.9 Å². The third-order valence-corrected chi connectivity index (χ3v) is 3.12. The number of hydrogen-bond donors (Lipinski definition) is 1. The van der Waals surface area contributed by atoms with Crippen LogP contribution in [0.3, 0.4) is 0 Å². The van der Waals surface area contributed by atoms with Crippen LogP contribution in [0.4, 0.5) is 0 Å². The molecule has 0 saturated carbocycles. The van der Waals surface area contributed by atoms with Gasteiger partial charge in [-0.2, -0.15) is 0 Å². The Hall–Kier alpha value is -1.32. The normalized spacial score (nSPS) is 11.2. The van der Waals surface area contributed by atoms with Crippen LogP contribution >= 0.6 is 11.6 Å². The second-order valence-electron chi connectivity index (χ2n) is 4.77. The number of aryl methyl sites for hydroxylation is 1. The van der Waals surface area contributed by atoms with Gasteiger partial charge in [-0.25, -0.2) is 4.98 Å². The first-order chi connectivity index (χ1) is 8.56. The lowest BCUT2D eigenvalue weighted by molar-refractivity contribution is 0.589. The van der Waals surface area contributed by atoms with E-state index in [1.165, 1.54) is 0 Å². The van der Waals surface area contributed by atoms with Gasteiger partial charge in [-0.1, -0.05) is 31.5 Å². The summed E-state index contributed by atoms with van der Waals surface area (Å²) in [6, 6.07) is 6.48. The minimum atomic E-state index is 0.444. The highest BCUT2D eigenvalue weighted by atomic mass is 35.5. The van der Waals surface area contributed by atoms with Crippen LogP contribution in [-0.4, -0.2) is 15.6 Å². The summed E-state index contributed by atoms with van der Waals surface area (Å²) < 4.78 is 1.94. The molecule has 18 heavy (non-hydrogen) atoms. The molecule has 1 heterocycles. The molecule has 0 aliphatic carbocycles. The number of nitrogens with zero attached hydrogens (tertiary/aromatic N) is 2. The lowest BCUT2D eigenvalue weighted by atomic mass is 10.1. The standard InChI is InChI=1S/C14H18ClN3/c1-10(2)16-7-12-6-11(4-5-13(12)15)14-8-18(3)9-17-14/h4-6,8-10,16H,7H2,1-3H3. The fourth-order valence-electron chi connectivity index (χ4n) is 1.75. The van der Waals surface area contributed by atoms with Crippen molar-refractivity contribution in [2.24, 2.45) is 7.05 Å². The number of halogens is 1. The largest absolute Gasteiger partial charge is 0.340 e. The molecule has 0 radical (unpaired) electrons. The molecule has 1 N–H and O–H groups in total. The molecule has 4 heteroatoms. The van der Waals surface area contributed by atoms with E-state index in [-0.39, 0.29) is 0 Å². The van der Waals surface area contributed by atoms with Crippen molar-refractivity contribution in [3.63, 3.8) is 0 Å². The quantitative estimate of drug-likeness (QED) is 0.918. The highest BCUT2D eigenvalue weighted by Gasteiger charge is 2.06. The van der Waals surface area contributed by atoms with E-state index >= 15 is 0 Å². The van der Waals surface area contributed by atoms with Crippen molar-refractivity contribution < 1.29 is 0 Å². The lowest BCUT2D eigenvalue weighted by Gasteiger charge is -2.10. The first-order valence-electron chi connectivity index (χ1n) is 6.06. The zero-order valence-corrected chi connectivity index (χ0v) is 11.7. The summed E-state index contributed by atoms with van der Waals surface area (Å²) in [6.45, 7) is 5.02. The molecule has 0 aliphatic heterocycles. The molecule has 0 aliphatic rings. The molecule has 2 rings (SSSR count). The Morgan fingerprint density at radius 1 is 1.39 bits per heavy atom. The highest BCUT2D eigenvalue weighted by molar-refractivity contribution is 6.31. The van der Waals surface area contributed by atoms with Gasteiger partial charge in [-0.15, -0.1) is 0 Å².